The summed E-state index contributed by atoms with van der Waals surface area (Å²) in [6.07, 6.45) is -0.357. The summed E-state index contributed by atoms with van der Waals surface area (Å²) in [5, 5.41) is 6.59. The average Bonchev–Trinajstić information content (AvgIpc) is 3.19. The summed E-state index contributed by atoms with van der Waals surface area (Å²) in [4.78, 5) is 19.9. The highest BCUT2D eigenvalue weighted by Gasteiger charge is 2.35. The van der Waals surface area contributed by atoms with Crippen LogP contribution in [0.15, 0.2) is 53.9 Å². The first-order chi connectivity index (χ1) is 13.1. The van der Waals surface area contributed by atoms with Gasteiger partial charge in [0.25, 0.3) is 5.91 Å². The second-order valence-corrected chi connectivity index (χ2v) is 7.62. The summed E-state index contributed by atoms with van der Waals surface area (Å²) >= 11 is 1.63. The van der Waals surface area contributed by atoms with Crippen molar-refractivity contribution < 1.29 is 9.53 Å². The lowest BCUT2D eigenvalue weighted by Crippen LogP contribution is -2.43. The summed E-state index contributed by atoms with van der Waals surface area (Å²) in [5.41, 5.74) is 3.13. The number of carbonyl (C=O) groups is 1. The molecule has 2 aromatic carbocycles. The molecule has 3 aromatic rings. The average molecular weight is 379 g/mol. The van der Waals surface area contributed by atoms with E-state index in [1.807, 2.05) is 53.9 Å². The Hall–Kier alpha value is -2.86. The zero-order valence-corrected chi connectivity index (χ0v) is 16.3. The molecule has 1 aromatic heterocycles. The van der Waals surface area contributed by atoms with Gasteiger partial charge in [-0.25, -0.2) is 4.98 Å². The number of fused-ring (bicyclic) bond motifs is 1. The van der Waals surface area contributed by atoms with Gasteiger partial charge in [0.2, 0.25) is 0 Å². The summed E-state index contributed by atoms with van der Waals surface area (Å²) in [5.74, 6) is 1.06. The van der Waals surface area contributed by atoms with Gasteiger partial charge in [-0.1, -0.05) is 26.0 Å². The SMILES string of the molecule is COc1ccc(N2C(=O)c3ccccc3NC2c2csc(C(C)C)n2)cc1. The van der Waals surface area contributed by atoms with Gasteiger partial charge in [-0.05, 0) is 36.4 Å². The fraction of sp³-hybridized carbons (Fsp3) is 0.238. The predicted molar refractivity (Wildman–Crippen MR) is 109 cm³/mol. The number of anilines is 2. The molecule has 0 fully saturated rings. The number of amides is 1. The lowest BCUT2D eigenvalue weighted by Gasteiger charge is -2.37. The minimum Gasteiger partial charge on any atom is -0.497 e. The summed E-state index contributed by atoms with van der Waals surface area (Å²) in [6.45, 7) is 4.25. The molecular weight excluding hydrogens is 358 g/mol. The first-order valence-electron chi connectivity index (χ1n) is 8.87. The maximum Gasteiger partial charge on any atom is 0.262 e. The van der Waals surface area contributed by atoms with Gasteiger partial charge >= 0.3 is 0 Å². The maximum atomic E-state index is 13.3. The molecule has 0 radical (unpaired) electrons. The second kappa shape index (κ2) is 7.04. The van der Waals surface area contributed by atoms with E-state index in [9.17, 15) is 4.79 Å². The van der Waals surface area contributed by atoms with Crippen molar-refractivity contribution in [1.29, 1.82) is 0 Å². The highest BCUT2D eigenvalue weighted by molar-refractivity contribution is 7.09. The van der Waals surface area contributed by atoms with Crippen LogP contribution in [0.5, 0.6) is 5.75 Å². The number of nitrogens with zero attached hydrogens (tertiary/aromatic N) is 2. The van der Waals surface area contributed by atoms with E-state index in [0.717, 1.165) is 27.8 Å². The van der Waals surface area contributed by atoms with E-state index in [1.54, 1.807) is 23.3 Å². The van der Waals surface area contributed by atoms with Gasteiger partial charge in [-0.2, -0.15) is 0 Å². The minimum atomic E-state index is -0.357. The number of thiazole rings is 1. The van der Waals surface area contributed by atoms with E-state index in [4.69, 9.17) is 9.72 Å². The first-order valence-corrected chi connectivity index (χ1v) is 9.75. The van der Waals surface area contributed by atoms with Crippen LogP contribution in [0, 0.1) is 0 Å². The molecule has 6 heteroatoms. The largest absolute Gasteiger partial charge is 0.497 e. The number of carbonyl (C=O) groups excluding carboxylic acids is 1. The highest BCUT2D eigenvalue weighted by Crippen LogP contribution is 2.37. The Labute approximate surface area is 162 Å². The van der Waals surface area contributed by atoms with Crippen LogP contribution in [0.1, 0.15) is 47.0 Å². The normalized spacial score (nSPS) is 16.2. The van der Waals surface area contributed by atoms with Gasteiger partial charge < -0.3 is 10.1 Å². The quantitative estimate of drug-likeness (QED) is 0.689. The van der Waals surface area contributed by atoms with Crippen molar-refractivity contribution in [2.45, 2.75) is 25.9 Å². The van der Waals surface area contributed by atoms with Crippen LogP contribution < -0.4 is 15.0 Å². The number of hydrogen-bond acceptors (Lipinski definition) is 5. The topological polar surface area (TPSA) is 54.5 Å². The van der Waals surface area contributed by atoms with Crippen LogP contribution in [0.2, 0.25) is 0 Å². The summed E-state index contributed by atoms with van der Waals surface area (Å²) < 4.78 is 5.25. The van der Waals surface area contributed by atoms with Crippen molar-refractivity contribution >= 4 is 28.6 Å². The number of methoxy groups -OCH3 is 1. The molecule has 2 heterocycles. The Balaban J connectivity index is 1.80. The molecule has 27 heavy (non-hydrogen) atoms. The first kappa shape index (κ1) is 17.5. The lowest BCUT2D eigenvalue weighted by molar-refractivity contribution is 0.0974. The van der Waals surface area contributed by atoms with Gasteiger partial charge in [-0.15, -0.1) is 11.3 Å². The molecule has 1 aliphatic rings. The van der Waals surface area contributed by atoms with Crippen molar-refractivity contribution in [3.05, 3.63) is 70.2 Å². The third-order valence-electron chi connectivity index (χ3n) is 4.59. The predicted octanol–water partition coefficient (Wildman–Crippen LogP) is 5.05. The molecule has 0 saturated heterocycles. The number of benzene rings is 2. The Bertz CT molecular complexity index is 966. The molecule has 1 N–H and O–H groups in total. The van der Waals surface area contributed by atoms with Gasteiger partial charge in [0, 0.05) is 22.7 Å². The van der Waals surface area contributed by atoms with Gasteiger partial charge in [0.1, 0.15) is 5.75 Å². The zero-order valence-electron chi connectivity index (χ0n) is 15.5. The standard InChI is InChI=1S/C21H21N3O2S/c1-13(2)20-23-18(12-27-20)19-22-17-7-5-4-6-16(17)21(25)24(19)14-8-10-15(26-3)11-9-14/h4-13,19,22H,1-3H3. The third kappa shape index (κ3) is 3.17. The van der Waals surface area contributed by atoms with Gasteiger partial charge in [0.05, 0.1) is 23.4 Å². The van der Waals surface area contributed by atoms with Crippen LogP contribution in [0.3, 0.4) is 0 Å². The highest BCUT2D eigenvalue weighted by atomic mass is 32.1. The number of ether oxygens (including phenoxy) is 1. The number of nitrogens with one attached hydrogen (secondary N) is 1. The Morgan fingerprint density at radius 2 is 1.89 bits per heavy atom. The van der Waals surface area contributed by atoms with Crippen LogP contribution in [0.25, 0.3) is 0 Å². The molecule has 1 atom stereocenters. The van der Waals surface area contributed by atoms with Crippen molar-refractivity contribution in [3.8, 4) is 5.75 Å². The molecule has 1 amide bonds. The van der Waals surface area contributed by atoms with E-state index < -0.39 is 0 Å². The Morgan fingerprint density at radius 3 is 2.56 bits per heavy atom. The van der Waals surface area contributed by atoms with Crippen LogP contribution >= 0.6 is 11.3 Å². The van der Waals surface area contributed by atoms with Crippen LogP contribution in [0.4, 0.5) is 11.4 Å². The van der Waals surface area contributed by atoms with Gasteiger partial charge in [0.15, 0.2) is 6.17 Å². The van der Waals surface area contributed by atoms with Crippen molar-refractivity contribution in [2.24, 2.45) is 0 Å². The van der Waals surface area contributed by atoms with E-state index in [0.29, 0.717) is 11.5 Å². The van der Waals surface area contributed by atoms with Gasteiger partial charge in [-0.3, -0.25) is 9.69 Å². The summed E-state index contributed by atoms with van der Waals surface area (Å²) in [7, 11) is 1.63. The van der Waals surface area contributed by atoms with Crippen LogP contribution in [-0.4, -0.2) is 18.0 Å². The smallest absolute Gasteiger partial charge is 0.262 e. The molecule has 138 valence electrons. The van der Waals surface area contributed by atoms with E-state index in [2.05, 4.69) is 19.2 Å². The van der Waals surface area contributed by atoms with Crippen molar-refractivity contribution in [3.63, 3.8) is 0 Å². The lowest BCUT2D eigenvalue weighted by atomic mass is 10.1. The Kier molecular flexibility index (Phi) is 4.58. The fourth-order valence-corrected chi connectivity index (χ4v) is 4.01. The minimum absolute atomic E-state index is 0.0430. The second-order valence-electron chi connectivity index (χ2n) is 6.73. The third-order valence-corrected chi connectivity index (χ3v) is 5.75. The molecule has 4 rings (SSSR count). The number of para-hydroxylation sites is 1. The molecule has 0 saturated carbocycles. The zero-order chi connectivity index (χ0) is 19.0. The molecule has 0 spiro atoms. The molecule has 0 bridgehead atoms. The fourth-order valence-electron chi connectivity index (χ4n) is 3.16. The van der Waals surface area contributed by atoms with Crippen LogP contribution in [-0.2, 0) is 0 Å². The van der Waals surface area contributed by atoms with Crippen molar-refractivity contribution in [1.82, 2.24) is 4.98 Å². The van der Waals surface area contributed by atoms with E-state index in [1.165, 1.54) is 0 Å². The molecular formula is C21H21N3O2S. The molecule has 0 aliphatic carbocycles. The molecule has 1 unspecified atom stereocenters. The summed E-state index contributed by atoms with van der Waals surface area (Å²) in [6, 6.07) is 15.1. The maximum absolute atomic E-state index is 13.3. The number of hydrogen-bond donors (Lipinski definition) is 1. The molecule has 1 aliphatic heterocycles. The van der Waals surface area contributed by atoms with E-state index >= 15 is 0 Å². The monoisotopic (exact) mass is 379 g/mol. The number of rotatable bonds is 4. The Morgan fingerprint density at radius 1 is 1.15 bits per heavy atom. The number of aromatic nitrogens is 1. The van der Waals surface area contributed by atoms with E-state index in [-0.39, 0.29) is 12.1 Å². The molecule has 5 nitrogen and oxygen atoms in total. The van der Waals surface area contributed by atoms with Crippen molar-refractivity contribution in [2.75, 3.05) is 17.3 Å².